The molecule has 1 saturated heterocycles. The van der Waals surface area contributed by atoms with E-state index in [0.29, 0.717) is 6.54 Å². The minimum atomic E-state index is -0.871. The topological polar surface area (TPSA) is 80.9 Å². The average Bonchev–Trinajstić information content (AvgIpc) is 2.87. The van der Waals surface area contributed by atoms with Gasteiger partial charge in [-0.15, -0.1) is 16.9 Å². The third-order valence-electron chi connectivity index (χ3n) is 3.35. The Hall–Kier alpha value is -1.11. The molecule has 0 spiro atoms. The van der Waals surface area contributed by atoms with Crippen LogP contribution in [0.2, 0.25) is 0 Å². The number of tetrazole rings is 1. The fourth-order valence-corrected chi connectivity index (χ4v) is 3.39. The highest BCUT2D eigenvalue weighted by Gasteiger charge is 2.38. The summed E-state index contributed by atoms with van der Waals surface area (Å²) in [6, 6.07) is 0. The lowest BCUT2D eigenvalue weighted by Gasteiger charge is -2.24. The first kappa shape index (κ1) is 13.3. The summed E-state index contributed by atoms with van der Waals surface area (Å²) >= 11 is 1.84. The van der Waals surface area contributed by atoms with Crippen molar-refractivity contribution in [2.75, 3.05) is 5.75 Å². The van der Waals surface area contributed by atoms with Crippen LogP contribution in [0.5, 0.6) is 0 Å². The molecule has 0 aromatic carbocycles. The Balaban J connectivity index is 2.26. The minimum absolute atomic E-state index is 0.0852. The van der Waals surface area contributed by atoms with Crippen molar-refractivity contribution >= 4 is 17.7 Å². The van der Waals surface area contributed by atoms with E-state index in [-0.39, 0.29) is 4.75 Å². The van der Waals surface area contributed by atoms with E-state index in [2.05, 4.69) is 22.4 Å². The van der Waals surface area contributed by atoms with Crippen LogP contribution in [-0.2, 0) is 16.1 Å². The van der Waals surface area contributed by atoms with Gasteiger partial charge in [0.15, 0.2) is 5.82 Å². The molecule has 0 bridgehead atoms. The maximum atomic E-state index is 11.2. The van der Waals surface area contributed by atoms with E-state index >= 15 is 0 Å². The number of carboxylic acid groups (broad SMARTS) is 1. The zero-order valence-corrected chi connectivity index (χ0v) is 11.7. The van der Waals surface area contributed by atoms with Crippen LogP contribution in [0, 0.1) is 5.41 Å². The molecule has 1 aromatic heterocycles. The number of aliphatic carboxylic acids is 1. The van der Waals surface area contributed by atoms with Gasteiger partial charge < -0.3 is 5.11 Å². The summed E-state index contributed by atoms with van der Waals surface area (Å²) in [5, 5.41) is 20.9. The van der Waals surface area contributed by atoms with Crippen LogP contribution in [0.15, 0.2) is 0 Å². The molecule has 7 heteroatoms. The number of hydrogen-bond donors (Lipinski definition) is 1. The SMILES string of the molecule is CC(C)(Cn1nnnc1C1(C)CCCS1)C(=O)O. The molecule has 0 aliphatic carbocycles. The van der Waals surface area contributed by atoms with Crippen LogP contribution in [0.1, 0.15) is 39.4 Å². The first-order valence-electron chi connectivity index (χ1n) is 5.99. The first-order chi connectivity index (χ1) is 8.35. The van der Waals surface area contributed by atoms with E-state index in [4.69, 9.17) is 0 Å². The van der Waals surface area contributed by atoms with Gasteiger partial charge >= 0.3 is 5.97 Å². The molecule has 1 fully saturated rings. The number of nitrogens with zero attached hydrogens (tertiary/aromatic N) is 4. The molecule has 2 heterocycles. The maximum absolute atomic E-state index is 11.2. The van der Waals surface area contributed by atoms with E-state index in [1.165, 1.54) is 0 Å². The van der Waals surface area contributed by atoms with Gasteiger partial charge in [0.25, 0.3) is 0 Å². The smallest absolute Gasteiger partial charge is 0.310 e. The molecule has 1 aliphatic heterocycles. The Kier molecular flexibility index (Phi) is 3.35. The van der Waals surface area contributed by atoms with Crippen molar-refractivity contribution in [1.29, 1.82) is 0 Å². The Morgan fingerprint density at radius 3 is 2.89 bits per heavy atom. The summed E-state index contributed by atoms with van der Waals surface area (Å²) in [5.41, 5.74) is -0.871. The molecule has 0 amide bonds. The summed E-state index contributed by atoms with van der Waals surface area (Å²) in [6.07, 6.45) is 2.18. The van der Waals surface area contributed by atoms with E-state index in [1.54, 1.807) is 18.5 Å². The number of aromatic nitrogens is 4. The number of carbonyl (C=O) groups is 1. The lowest BCUT2D eigenvalue weighted by atomic mass is 9.93. The molecule has 6 nitrogen and oxygen atoms in total. The van der Waals surface area contributed by atoms with Crippen molar-refractivity contribution in [3.05, 3.63) is 5.82 Å². The second-order valence-corrected chi connectivity index (χ2v) is 7.13. The molecule has 100 valence electrons. The van der Waals surface area contributed by atoms with Crippen molar-refractivity contribution < 1.29 is 9.90 Å². The van der Waals surface area contributed by atoms with Crippen molar-refractivity contribution in [3.8, 4) is 0 Å². The fourth-order valence-electron chi connectivity index (χ4n) is 2.09. The van der Waals surface area contributed by atoms with E-state index in [0.717, 1.165) is 24.4 Å². The molecule has 1 unspecified atom stereocenters. The minimum Gasteiger partial charge on any atom is -0.481 e. The number of rotatable bonds is 4. The van der Waals surface area contributed by atoms with Gasteiger partial charge in [-0.1, -0.05) is 0 Å². The largest absolute Gasteiger partial charge is 0.481 e. The molecule has 0 saturated carbocycles. The Bertz CT molecular complexity index is 452. The molecule has 2 rings (SSSR count). The van der Waals surface area contributed by atoms with E-state index in [1.807, 2.05) is 11.8 Å². The molecule has 0 radical (unpaired) electrons. The van der Waals surface area contributed by atoms with Gasteiger partial charge in [-0.25, -0.2) is 4.68 Å². The lowest BCUT2D eigenvalue weighted by Crippen LogP contribution is -2.32. The van der Waals surface area contributed by atoms with Gasteiger partial charge in [0.1, 0.15) is 0 Å². The number of hydrogen-bond acceptors (Lipinski definition) is 5. The fraction of sp³-hybridized carbons (Fsp3) is 0.818. The van der Waals surface area contributed by atoms with Crippen molar-refractivity contribution in [2.24, 2.45) is 5.41 Å². The van der Waals surface area contributed by atoms with Gasteiger partial charge in [-0.05, 0) is 49.8 Å². The third-order valence-corrected chi connectivity index (χ3v) is 4.86. The van der Waals surface area contributed by atoms with Crippen molar-refractivity contribution in [3.63, 3.8) is 0 Å². The van der Waals surface area contributed by atoms with E-state index in [9.17, 15) is 9.90 Å². The molecular formula is C11H18N4O2S. The summed E-state index contributed by atoms with van der Waals surface area (Å²) in [4.78, 5) is 11.2. The highest BCUT2D eigenvalue weighted by atomic mass is 32.2. The first-order valence-corrected chi connectivity index (χ1v) is 6.98. The van der Waals surface area contributed by atoms with Crippen LogP contribution in [-0.4, -0.2) is 37.0 Å². The predicted molar refractivity (Wildman–Crippen MR) is 68.3 cm³/mol. The highest BCUT2D eigenvalue weighted by molar-refractivity contribution is 8.00. The Morgan fingerprint density at radius 2 is 2.33 bits per heavy atom. The van der Waals surface area contributed by atoms with Crippen LogP contribution >= 0.6 is 11.8 Å². The zero-order valence-electron chi connectivity index (χ0n) is 10.9. The quantitative estimate of drug-likeness (QED) is 0.893. The second kappa shape index (κ2) is 4.53. The highest BCUT2D eigenvalue weighted by Crippen LogP contribution is 2.45. The summed E-state index contributed by atoms with van der Waals surface area (Å²) < 4.78 is 1.56. The van der Waals surface area contributed by atoms with Crippen LogP contribution < -0.4 is 0 Å². The Morgan fingerprint density at radius 1 is 1.61 bits per heavy atom. The van der Waals surface area contributed by atoms with Gasteiger partial charge in [0.05, 0.1) is 16.7 Å². The van der Waals surface area contributed by atoms with Gasteiger partial charge in [0, 0.05) is 0 Å². The summed E-state index contributed by atoms with van der Waals surface area (Å²) in [7, 11) is 0. The van der Waals surface area contributed by atoms with Crippen LogP contribution in [0.25, 0.3) is 0 Å². The standard InChI is InChI=1S/C11H18N4O2S/c1-10(2,9(16)17)7-15-8(12-13-14-15)11(3)5-4-6-18-11/h4-7H2,1-3H3,(H,16,17). The molecule has 1 N–H and O–H groups in total. The van der Waals surface area contributed by atoms with Crippen molar-refractivity contribution in [1.82, 2.24) is 20.2 Å². The maximum Gasteiger partial charge on any atom is 0.310 e. The monoisotopic (exact) mass is 270 g/mol. The molecule has 1 aliphatic rings. The van der Waals surface area contributed by atoms with Crippen LogP contribution in [0.3, 0.4) is 0 Å². The normalized spacial score (nSPS) is 24.4. The second-order valence-electron chi connectivity index (χ2n) is 5.53. The Labute approximate surface area is 110 Å². The van der Waals surface area contributed by atoms with Crippen molar-refractivity contribution in [2.45, 2.75) is 44.9 Å². The van der Waals surface area contributed by atoms with Gasteiger partial charge in [-0.2, -0.15) is 0 Å². The summed E-state index contributed by atoms with van der Waals surface area (Å²) in [5.74, 6) is 1.05. The predicted octanol–water partition coefficient (Wildman–Crippen LogP) is 1.53. The number of carboxylic acids is 1. The van der Waals surface area contributed by atoms with Gasteiger partial charge in [0.2, 0.25) is 0 Å². The average molecular weight is 270 g/mol. The molecule has 18 heavy (non-hydrogen) atoms. The van der Waals surface area contributed by atoms with Crippen LogP contribution in [0.4, 0.5) is 0 Å². The third kappa shape index (κ3) is 2.36. The molecular weight excluding hydrogens is 252 g/mol. The summed E-state index contributed by atoms with van der Waals surface area (Å²) in [6.45, 7) is 5.79. The molecule has 1 atom stereocenters. The number of thioether (sulfide) groups is 1. The molecule has 1 aromatic rings. The lowest BCUT2D eigenvalue weighted by molar-refractivity contribution is -0.147. The zero-order chi connectivity index (χ0) is 13.4. The van der Waals surface area contributed by atoms with E-state index < -0.39 is 11.4 Å². The van der Waals surface area contributed by atoms with Gasteiger partial charge in [-0.3, -0.25) is 4.79 Å².